The number of allylic oxidation sites excluding steroid dienone is 2. The normalized spacial score (nSPS) is 12.0. The number of hydrogen-bond donors (Lipinski definition) is 0. The lowest BCUT2D eigenvalue weighted by atomic mass is 10.0. The van der Waals surface area contributed by atoms with Crippen LogP contribution in [0, 0.1) is 5.92 Å². The van der Waals surface area contributed by atoms with Gasteiger partial charge in [0.2, 0.25) is 5.75 Å². The molecule has 0 radical (unpaired) electrons. The van der Waals surface area contributed by atoms with Crippen LogP contribution in [-0.2, 0) is 4.79 Å². The van der Waals surface area contributed by atoms with Gasteiger partial charge < -0.3 is 28.4 Å². The summed E-state index contributed by atoms with van der Waals surface area (Å²) >= 11 is 0. The van der Waals surface area contributed by atoms with Crippen molar-refractivity contribution in [3.8, 4) is 45.6 Å². The predicted molar refractivity (Wildman–Crippen MR) is 370 cm³/mol. The van der Waals surface area contributed by atoms with Gasteiger partial charge in [-0.15, -0.1) is 0 Å². The fraction of sp³-hybridized carbons (Fsp3) is 0.613. The Hall–Kier alpha value is -5.83. The molecular weight excluding hydrogens is 1100 g/mol. The van der Waals surface area contributed by atoms with Crippen molar-refractivity contribution in [2.75, 3.05) is 19.8 Å². The maximum Gasteiger partial charge on any atom is 0.343 e. The summed E-state index contributed by atoms with van der Waals surface area (Å²) in [4.78, 5) is 39.6. The summed E-state index contributed by atoms with van der Waals surface area (Å²) in [5, 5.41) is 0. The number of carbonyl (C=O) groups excluding carboxylic acids is 3. The Morgan fingerprint density at radius 1 is 0.303 bits per heavy atom. The van der Waals surface area contributed by atoms with Crippen LogP contribution in [0.25, 0.3) is 11.1 Å². The van der Waals surface area contributed by atoms with Gasteiger partial charge in [0.1, 0.15) is 17.2 Å². The van der Waals surface area contributed by atoms with Gasteiger partial charge in [0.25, 0.3) is 0 Å². The highest BCUT2D eigenvalue weighted by Gasteiger charge is 2.22. The van der Waals surface area contributed by atoms with Crippen LogP contribution in [-0.4, -0.2) is 37.7 Å². The van der Waals surface area contributed by atoms with E-state index in [0.717, 1.165) is 49.7 Å². The van der Waals surface area contributed by atoms with Crippen molar-refractivity contribution in [3.63, 3.8) is 0 Å². The Morgan fingerprint density at radius 3 is 0.899 bits per heavy atom. The van der Waals surface area contributed by atoms with Crippen LogP contribution < -0.4 is 28.4 Å². The van der Waals surface area contributed by atoms with Crippen molar-refractivity contribution in [1.29, 1.82) is 0 Å². The monoisotopic (exact) mass is 1220 g/mol. The summed E-state index contributed by atoms with van der Waals surface area (Å²) in [5.74, 6) is 0.973. The smallest absolute Gasteiger partial charge is 0.343 e. The van der Waals surface area contributed by atoms with E-state index in [4.69, 9.17) is 28.4 Å². The first-order valence-electron chi connectivity index (χ1n) is 36.3. The van der Waals surface area contributed by atoms with E-state index in [1.807, 2.05) is 36.4 Å². The van der Waals surface area contributed by atoms with E-state index in [-0.39, 0.29) is 5.97 Å². The maximum absolute atomic E-state index is 14.2. The van der Waals surface area contributed by atoms with E-state index in [1.165, 1.54) is 231 Å². The molecule has 1 aliphatic carbocycles. The van der Waals surface area contributed by atoms with E-state index < -0.39 is 17.9 Å². The number of rotatable bonds is 55. The second-order valence-electron chi connectivity index (χ2n) is 25.2. The first-order chi connectivity index (χ1) is 43.9. The first-order valence-corrected chi connectivity index (χ1v) is 36.3. The van der Waals surface area contributed by atoms with Gasteiger partial charge >= 0.3 is 17.9 Å². The summed E-state index contributed by atoms with van der Waals surface area (Å²) in [6.45, 7) is 8.46. The van der Waals surface area contributed by atoms with Crippen LogP contribution >= 0.6 is 0 Å². The third-order valence-corrected chi connectivity index (χ3v) is 17.3. The molecule has 1 aliphatic rings. The topological polar surface area (TPSA) is 107 Å². The molecule has 0 amide bonds. The minimum absolute atomic E-state index is 0.326. The van der Waals surface area contributed by atoms with Crippen LogP contribution in [0.15, 0.2) is 109 Å². The predicted octanol–water partition coefficient (Wildman–Crippen LogP) is 24.0. The van der Waals surface area contributed by atoms with Gasteiger partial charge in [0.15, 0.2) is 11.5 Å². The van der Waals surface area contributed by atoms with Gasteiger partial charge in [-0.1, -0.05) is 320 Å². The van der Waals surface area contributed by atoms with Crippen LogP contribution in [0.4, 0.5) is 0 Å². The third-order valence-electron chi connectivity index (χ3n) is 17.3. The van der Waals surface area contributed by atoms with Gasteiger partial charge in [0.05, 0.1) is 36.9 Å². The molecule has 0 heterocycles. The molecule has 0 bridgehead atoms. The minimum Gasteiger partial charge on any atom is -0.490 e. The standard InChI is InChI=1S/C80H118O9/c1-4-7-10-13-16-19-22-25-28-31-34-37-40-45-62-84-75-65-71(80(83)89-73-58-52-68(53-59-73)67-50-56-72(57-51-67)88-79(82)70-54-60-74(61-55-70)87-78(81)69-48-43-44-49-69)66-76(85-63-46-41-38-35-32-29-26-23-20-17-14-11-8-5-2)77(75)86-64-47-42-39-36-33-30-27-24-21-18-15-12-9-6-3/h43-44,48-61,65-66,69H,4-42,45-47,62-64H2,1-3H3. The molecule has 4 aromatic rings. The molecule has 9 nitrogen and oxygen atoms in total. The lowest BCUT2D eigenvalue weighted by molar-refractivity contribution is -0.135. The molecule has 0 saturated heterocycles. The second-order valence-corrected chi connectivity index (χ2v) is 25.2. The molecule has 5 rings (SSSR count). The number of esters is 3. The molecule has 4 aromatic carbocycles. The average molecular weight is 1220 g/mol. The summed E-state index contributed by atoms with van der Waals surface area (Å²) in [7, 11) is 0. The maximum atomic E-state index is 14.2. The fourth-order valence-electron chi connectivity index (χ4n) is 11.7. The summed E-state index contributed by atoms with van der Waals surface area (Å²) in [5.41, 5.74) is 2.47. The molecule has 0 unspecified atom stereocenters. The Morgan fingerprint density at radius 2 is 0.573 bits per heavy atom. The molecule has 0 aromatic heterocycles. The van der Waals surface area contributed by atoms with Gasteiger partial charge in [-0.25, -0.2) is 9.59 Å². The summed E-state index contributed by atoms with van der Waals surface area (Å²) in [6.07, 6.45) is 61.4. The van der Waals surface area contributed by atoms with Crippen molar-refractivity contribution >= 4 is 17.9 Å². The zero-order valence-corrected chi connectivity index (χ0v) is 56.0. The molecule has 0 aliphatic heterocycles. The van der Waals surface area contributed by atoms with Crippen LogP contribution in [0.5, 0.6) is 34.5 Å². The van der Waals surface area contributed by atoms with Gasteiger partial charge in [-0.05, 0) is 91.1 Å². The van der Waals surface area contributed by atoms with Gasteiger partial charge in [0, 0.05) is 0 Å². The number of unbranched alkanes of at least 4 members (excludes halogenated alkanes) is 39. The third kappa shape index (κ3) is 33.2. The highest BCUT2D eigenvalue weighted by Crippen LogP contribution is 2.40. The largest absolute Gasteiger partial charge is 0.490 e. The minimum atomic E-state index is -0.529. The molecule has 0 spiro atoms. The zero-order chi connectivity index (χ0) is 62.9. The second kappa shape index (κ2) is 48.9. The Bertz CT molecular complexity index is 2440. The Kier molecular flexibility index (Phi) is 40.6. The number of benzene rings is 4. The van der Waals surface area contributed by atoms with Crippen molar-refractivity contribution < 1.29 is 42.8 Å². The SMILES string of the molecule is CCCCCCCCCCCCCCCCOc1cc(C(=O)Oc2ccc(-c3ccc(OC(=O)c4ccc(OC(=O)C5C=CC=C5)cc4)cc3)cc2)cc(OCCCCCCCCCCCCCCCC)c1OCCCCCCCCCCCCCCCC. The molecule has 0 N–H and O–H groups in total. The van der Waals surface area contributed by atoms with Gasteiger partial charge in [-0.3, -0.25) is 4.79 Å². The number of ether oxygens (including phenoxy) is 6. The van der Waals surface area contributed by atoms with Crippen molar-refractivity contribution in [1.82, 2.24) is 0 Å². The first kappa shape index (κ1) is 73.9. The van der Waals surface area contributed by atoms with Crippen LogP contribution in [0.3, 0.4) is 0 Å². The van der Waals surface area contributed by atoms with Crippen molar-refractivity contribution in [2.45, 2.75) is 290 Å². The van der Waals surface area contributed by atoms with Crippen molar-refractivity contribution in [2.24, 2.45) is 5.92 Å². The lowest BCUT2D eigenvalue weighted by Crippen LogP contribution is -2.16. The molecule has 0 atom stereocenters. The molecule has 9 heteroatoms. The van der Waals surface area contributed by atoms with E-state index in [1.54, 1.807) is 72.8 Å². The summed E-state index contributed by atoms with van der Waals surface area (Å²) < 4.78 is 37.1. The molecule has 0 saturated carbocycles. The molecule has 0 fully saturated rings. The Balaban J connectivity index is 1.18. The fourth-order valence-corrected chi connectivity index (χ4v) is 11.7. The Labute approximate surface area is 540 Å². The zero-order valence-electron chi connectivity index (χ0n) is 56.0. The number of carbonyl (C=O) groups is 3. The highest BCUT2D eigenvalue weighted by molar-refractivity contribution is 5.93. The van der Waals surface area contributed by atoms with Crippen LogP contribution in [0.2, 0.25) is 0 Å². The quantitative estimate of drug-likeness (QED) is 0.0243. The van der Waals surface area contributed by atoms with E-state index in [9.17, 15) is 14.4 Å². The average Bonchev–Trinajstić information content (AvgIpc) is 4.35. The van der Waals surface area contributed by atoms with Crippen LogP contribution in [0.1, 0.15) is 311 Å². The number of hydrogen-bond acceptors (Lipinski definition) is 9. The molecule has 89 heavy (non-hydrogen) atoms. The summed E-state index contributed by atoms with van der Waals surface area (Å²) in [6, 6.07) is 24.5. The van der Waals surface area contributed by atoms with Crippen molar-refractivity contribution in [3.05, 3.63) is 120 Å². The van der Waals surface area contributed by atoms with Gasteiger partial charge in [-0.2, -0.15) is 0 Å². The molecule has 492 valence electrons. The van der Waals surface area contributed by atoms with E-state index in [0.29, 0.717) is 65.4 Å². The lowest BCUT2D eigenvalue weighted by Gasteiger charge is -2.19. The highest BCUT2D eigenvalue weighted by atomic mass is 16.6. The van der Waals surface area contributed by atoms with E-state index in [2.05, 4.69) is 20.8 Å². The molecular formula is C80H118O9. The van der Waals surface area contributed by atoms with E-state index >= 15 is 0 Å².